The zero-order valence-corrected chi connectivity index (χ0v) is 13.8. The molecule has 0 spiro atoms. The molecule has 0 saturated heterocycles. The topological polar surface area (TPSA) is 47.3 Å². The Kier molecular flexibility index (Phi) is 4.51. The monoisotopic (exact) mass is 310 g/mol. The van der Waals surface area contributed by atoms with Crippen LogP contribution in [0.2, 0.25) is 0 Å². The van der Waals surface area contributed by atoms with E-state index in [2.05, 4.69) is 37.1 Å². The summed E-state index contributed by atoms with van der Waals surface area (Å²) in [5.41, 5.74) is 3.98. The maximum absolute atomic E-state index is 5.87. The number of benzene rings is 2. The number of para-hydroxylation sites is 2. The predicted octanol–water partition coefficient (Wildman–Crippen LogP) is 4.78. The molecule has 1 aromatic heterocycles. The lowest BCUT2D eigenvalue weighted by molar-refractivity contribution is 0.269. The van der Waals surface area contributed by atoms with E-state index < -0.39 is 0 Å². The number of hydrogen-bond acceptors (Lipinski definition) is 4. The number of nitrogens with one attached hydrogen (secondary N) is 1. The molecule has 0 fully saturated rings. The van der Waals surface area contributed by atoms with Crippen LogP contribution in [-0.2, 0) is 6.54 Å². The van der Waals surface area contributed by atoms with Crippen molar-refractivity contribution < 1.29 is 9.15 Å². The van der Waals surface area contributed by atoms with Crippen molar-refractivity contribution in [3.05, 3.63) is 53.6 Å². The van der Waals surface area contributed by atoms with Gasteiger partial charge in [0.25, 0.3) is 6.01 Å². The largest absolute Gasteiger partial charge is 0.493 e. The zero-order chi connectivity index (χ0) is 16.2. The predicted molar refractivity (Wildman–Crippen MR) is 92.8 cm³/mol. The van der Waals surface area contributed by atoms with Crippen molar-refractivity contribution in [3.8, 4) is 5.75 Å². The molecule has 23 heavy (non-hydrogen) atoms. The first-order chi connectivity index (χ1) is 11.1. The third kappa shape index (κ3) is 3.65. The van der Waals surface area contributed by atoms with Gasteiger partial charge in [0.15, 0.2) is 5.58 Å². The number of hydrogen-bond donors (Lipinski definition) is 1. The van der Waals surface area contributed by atoms with Crippen molar-refractivity contribution >= 4 is 17.1 Å². The maximum atomic E-state index is 5.87. The highest BCUT2D eigenvalue weighted by Crippen LogP contribution is 2.24. The van der Waals surface area contributed by atoms with Crippen molar-refractivity contribution in [3.63, 3.8) is 0 Å². The fourth-order valence-electron chi connectivity index (χ4n) is 2.38. The molecule has 2 aromatic carbocycles. The average molecular weight is 310 g/mol. The minimum absolute atomic E-state index is 0.510. The van der Waals surface area contributed by atoms with Gasteiger partial charge in [-0.15, -0.1) is 0 Å². The van der Waals surface area contributed by atoms with Crippen molar-refractivity contribution in [2.24, 2.45) is 5.92 Å². The van der Waals surface area contributed by atoms with Gasteiger partial charge in [-0.1, -0.05) is 38.1 Å². The van der Waals surface area contributed by atoms with Gasteiger partial charge in [-0.2, -0.15) is 4.98 Å². The summed E-state index contributed by atoms with van der Waals surface area (Å²) in [5.74, 6) is 1.45. The van der Waals surface area contributed by atoms with Crippen LogP contribution in [0.5, 0.6) is 5.75 Å². The lowest BCUT2D eigenvalue weighted by Crippen LogP contribution is -2.07. The van der Waals surface area contributed by atoms with E-state index in [1.807, 2.05) is 36.4 Å². The summed E-state index contributed by atoms with van der Waals surface area (Å²) in [5, 5.41) is 3.25. The highest BCUT2D eigenvalue weighted by molar-refractivity contribution is 5.74. The Balaban J connectivity index is 1.71. The third-order valence-electron chi connectivity index (χ3n) is 3.69. The molecular weight excluding hydrogens is 288 g/mol. The van der Waals surface area contributed by atoms with E-state index in [0.717, 1.165) is 29.0 Å². The van der Waals surface area contributed by atoms with Gasteiger partial charge in [-0.3, -0.25) is 0 Å². The van der Waals surface area contributed by atoms with Gasteiger partial charge in [0.05, 0.1) is 6.61 Å². The highest BCUT2D eigenvalue weighted by Gasteiger charge is 2.08. The standard InChI is InChI=1S/C19H22N2O2/c1-13(2)12-22-17-10-6-7-15(14(17)3)11-20-19-21-16-8-4-5-9-18(16)23-19/h4-10,13H,11-12H2,1-3H3,(H,20,21). The van der Waals surface area contributed by atoms with Crippen LogP contribution in [0.3, 0.4) is 0 Å². The molecule has 0 unspecified atom stereocenters. The minimum Gasteiger partial charge on any atom is -0.493 e. The second kappa shape index (κ2) is 6.73. The first-order valence-corrected chi connectivity index (χ1v) is 7.94. The van der Waals surface area contributed by atoms with E-state index in [-0.39, 0.29) is 0 Å². The summed E-state index contributed by atoms with van der Waals surface area (Å²) in [6, 6.07) is 14.4. The van der Waals surface area contributed by atoms with Gasteiger partial charge in [0.1, 0.15) is 11.3 Å². The summed E-state index contributed by atoms with van der Waals surface area (Å²) in [6.07, 6.45) is 0. The molecule has 1 heterocycles. The van der Waals surface area contributed by atoms with E-state index in [1.165, 1.54) is 5.56 Å². The lowest BCUT2D eigenvalue weighted by atomic mass is 10.1. The minimum atomic E-state index is 0.510. The molecule has 1 N–H and O–H groups in total. The zero-order valence-electron chi connectivity index (χ0n) is 13.8. The Hall–Kier alpha value is -2.49. The van der Waals surface area contributed by atoms with Gasteiger partial charge >= 0.3 is 0 Å². The lowest BCUT2D eigenvalue weighted by Gasteiger charge is -2.14. The van der Waals surface area contributed by atoms with Gasteiger partial charge in [0, 0.05) is 6.54 Å². The third-order valence-corrected chi connectivity index (χ3v) is 3.69. The smallest absolute Gasteiger partial charge is 0.295 e. The Labute approximate surface area is 136 Å². The van der Waals surface area contributed by atoms with E-state index >= 15 is 0 Å². The first kappa shape index (κ1) is 15.4. The van der Waals surface area contributed by atoms with Crippen molar-refractivity contribution in [2.75, 3.05) is 11.9 Å². The van der Waals surface area contributed by atoms with Crippen LogP contribution in [-0.4, -0.2) is 11.6 Å². The number of oxazole rings is 1. The summed E-state index contributed by atoms with van der Waals surface area (Å²) in [4.78, 5) is 4.43. The molecule has 4 heteroatoms. The fraction of sp³-hybridized carbons (Fsp3) is 0.316. The summed E-state index contributed by atoms with van der Waals surface area (Å²) in [6.45, 7) is 7.75. The van der Waals surface area contributed by atoms with Crippen LogP contribution in [0, 0.1) is 12.8 Å². The molecule has 0 atom stereocenters. The second-order valence-corrected chi connectivity index (χ2v) is 6.09. The molecule has 3 aromatic rings. The van der Waals surface area contributed by atoms with Gasteiger partial charge in [-0.25, -0.2) is 0 Å². The van der Waals surface area contributed by atoms with Crippen molar-refractivity contribution in [1.29, 1.82) is 0 Å². The maximum Gasteiger partial charge on any atom is 0.295 e. The molecule has 0 bridgehead atoms. The fourth-order valence-corrected chi connectivity index (χ4v) is 2.38. The first-order valence-electron chi connectivity index (χ1n) is 7.94. The van der Waals surface area contributed by atoms with Crippen molar-refractivity contribution in [2.45, 2.75) is 27.3 Å². The summed E-state index contributed by atoms with van der Waals surface area (Å²) >= 11 is 0. The SMILES string of the molecule is Cc1c(CNc2nc3ccccc3o2)cccc1OCC(C)C. The quantitative estimate of drug-likeness (QED) is 0.711. The normalized spacial score (nSPS) is 11.1. The highest BCUT2D eigenvalue weighted by atomic mass is 16.5. The van der Waals surface area contributed by atoms with Crippen LogP contribution in [0.4, 0.5) is 6.01 Å². The van der Waals surface area contributed by atoms with Crippen LogP contribution in [0.1, 0.15) is 25.0 Å². The van der Waals surface area contributed by atoms with Crippen LogP contribution < -0.4 is 10.1 Å². The van der Waals surface area contributed by atoms with E-state index in [9.17, 15) is 0 Å². The Morgan fingerprint density at radius 1 is 1.13 bits per heavy atom. The van der Waals surface area contributed by atoms with Gasteiger partial charge in [-0.05, 0) is 42.2 Å². The number of anilines is 1. The van der Waals surface area contributed by atoms with Crippen LogP contribution >= 0.6 is 0 Å². The molecule has 3 rings (SSSR count). The van der Waals surface area contributed by atoms with Crippen LogP contribution in [0.15, 0.2) is 46.9 Å². The number of ether oxygens (including phenoxy) is 1. The summed E-state index contributed by atoms with van der Waals surface area (Å²) < 4.78 is 11.6. The Morgan fingerprint density at radius 3 is 2.74 bits per heavy atom. The van der Waals surface area contributed by atoms with E-state index in [4.69, 9.17) is 9.15 Å². The van der Waals surface area contributed by atoms with Gasteiger partial charge < -0.3 is 14.5 Å². The molecule has 0 aliphatic heterocycles. The summed E-state index contributed by atoms with van der Waals surface area (Å²) in [7, 11) is 0. The molecule has 0 amide bonds. The Bertz CT molecular complexity index is 760. The number of rotatable bonds is 6. The molecule has 0 aliphatic carbocycles. The van der Waals surface area contributed by atoms with Crippen molar-refractivity contribution in [1.82, 2.24) is 4.98 Å². The molecule has 0 aliphatic rings. The number of aromatic nitrogens is 1. The Morgan fingerprint density at radius 2 is 1.96 bits per heavy atom. The average Bonchev–Trinajstić information content (AvgIpc) is 2.95. The number of nitrogens with zero attached hydrogens (tertiary/aromatic N) is 1. The van der Waals surface area contributed by atoms with Gasteiger partial charge in [0.2, 0.25) is 0 Å². The molecule has 4 nitrogen and oxygen atoms in total. The van der Waals surface area contributed by atoms with E-state index in [0.29, 0.717) is 18.5 Å². The number of fused-ring (bicyclic) bond motifs is 1. The molecule has 120 valence electrons. The van der Waals surface area contributed by atoms with Crippen LogP contribution in [0.25, 0.3) is 11.1 Å². The van der Waals surface area contributed by atoms with E-state index in [1.54, 1.807) is 0 Å². The molecule has 0 saturated carbocycles. The second-order valence-electron chi connectivity index (χ2n) is 6.09. The molecular formula is C19H22N2O2. The molecule has 0 radical (unpaired) electrons.